The summed E-state index contributed by atoms with van der Waals surface area (Å²) < 4.78 is 0. The molecule has 0 atom stereocenters. The number of nitrogens with zero attached hydrogens (tertiary/aromatic N) is 2. The molecule has 3 rings (SSSR count). The first-order valence-corrected chi connectivity index (χ1v) is 8.79. The Kier molecular flexibility index (Phi) is 5.61. The smallest absolute Gasteiger partial charge is 0.321 e. The summed E-state index contributed by atoms with van der Waals surface area (Å²) in [5.74, 6) is 0. The van der Waals surface area contributed by atoms with Crippen LogP contribution in [0.3, 0.4) is 0 Å². The van der Waals surface area contributed by atoms with Crippen LogP contribution in [0.2, 0.25) is 5.02 Å². The summed E-state index contributed by atoms with van der Waals surface area (Å²) in [6.07, 6.45) is 3.54. The molecule has 0 unspecified atom stereocenters. The van der Waals surface area contributed by atoms with Crippen molar-refractivity contribution in [3.05, 3.63) is 70.9 Å². The zero-order valence-electron chi connectivity index (χ0n) is 14.3. The molecule has 0 aromatic heterocycles. The standard InChI is InChI=1S/C20H22ClN3O/c1-16-3-2-4-19(15-16)23-11-13-24(14-12-23)20(25)22-10-9-17-5-7-18(21)8-6-17/h2-10,15H,11-14H2,1H3,(H,22,25)/b10-9+. The maximum absolute atomic E-state index is 12.3. The minimum absolute atomic E-state index is 0.0610. The molecule has 2 aromatic rings. The number of urea groups is 1. The highest BCUT2D eigenvalue weighted by Crippen LogP contribution is 2.17. The molecular weight excluding hydrogens is 334 g/mol. The Morgan fingerprint density at radius 2 is 1.80 bits per heavy atom. The Bertz CT molecular complexity index is 750. The number of nitrogens with one attached hydrogen (secondary N) is 1. The average Bonchev–Trinajstić information content (AvgIpc) is 2.63. The van der Waals surface area contributed by atoms with E-state index in [1.807, 2.05) is 35.2 Å². The van der Waals surface area contributed by atoms with E-state index in [0.29, 0.717) is 18.1 Å². The normalized spacial score (nSPS) is 14.8. The van der Waals surface area contributed by atoms with Crippen molar-refractivity contribution in [2.24, 2.45) is 0 Å². The maximum atomic E-state index is 12.3. The number of hydrogen-bond donors (Lipinski definition) is 1. The molecular formula is C20H22ClN3O. The highest BCUT2D eigenvalue weighted by molar-refractivity contribution is 6.30. The van der Waals surface area contributed by atoms with E-state index in [1.54, 1.807) is 6.20 Å². The van der Waals surface area contributed by atoms with E-state index in [0.717, 1.165) is 18.7 Å². The van der Waals surface area contributed by atoms with Crippen LogP contribution in [0, 0.1) is 6.92 Å². The Hall–Kier alpha value is -2.46. The van der Waals surface area contributed by atoms with Crippen molar-refractivity contribution in [2.75, 3.05) is 31.1 Å². The van der Waals surface area contributed by atoms with Gasteiger partial charge in [0.25, 0.3) is 0 Å². The number of aryl methyl sites for hydroxylation is 1. The zero-order valence-corrected chi connectivity index (χ0v) is 15.0. The number of piperazine rings is 1. The van der Waals surface area contributed by atoms with Crippen LogP contribution in [-0.2, 0) is 0 Å². The molecule has 0 spiro atoms. The highest BCUT2D eigenvalue weighted by Gasteiger charge is 2.20. The van der Waals surface area contributed by atoms with Crippen LogP contribution in [0.15, 0.2) is 54.7 Å². The van der Waals surface area contributed by atoms with Crippen molar-refractivity contribution < 1.29 is 4.79 Å². The fraction of sp³-hybridized carbons (Fsp3) is 0.250. The van der Waals surface area contributed by atoms with Crippen LogP contribution in [0.25, 0.3) is 6.08 Å². The van der Waals surface area contributed by atoms with Gasteiger partial charge < -0.3 is 15.1 Å². The molecule has 0 aliphatic carbocycles. The second kappa shape index (κ2) is 8.08. The van der Waals surface area contributed by atoms with E-state index >= 15 is 0 Å². The van der Waals surface area contributed by atoms with Crippen molar-refractivity contribution >= 4 is 29.4 Å². The first-order valence-electron chi connectivity index (χ1n) is 8.41. The molecule has 0 saturated carbocycles. The molecule has 0 radical (unpaired) electrons. The van der Waals surface area contributed by atoms with Gasteiger partial charge in [0.05, 0.1) is 0 Å². The lowest BCUT2D eigenvalue weighted by Gasteiger charge is -2.36. The summed E-state index contributed by atoms with van der Waals surface area (Å²) in [7, 11) is 0. The van der Waals surface area contributed by atoms with Crippen LogP contribution >= 0.6 is 11.6 Å². The molecule has 1 aliphatic rings. The monoisotopic (exact) mass is 355 g/mol. The minimum atomic E-state index is -0.0610. The summed E-state index contributed by atoms with van der Waals surface area (Å²) >= 11 is 5.86. The van der Waals surface area contributed by atoms with Crippen LogP contribution in [0.5, 0.6) is 0 Å². The van der Waals surface area contributed by atoms with E-state index in [9.17, 15) is 4.79 Å². The minimum Gasteiger partial charge on any atom is -0.368 e. The summed E-state index contributed by atoms with van der Waals surface area (Å²) in [6, 6.07) is 15.9. The summed E-state index contributed by atoms with van der Waals surface area (Å²) in [5, 5.41) is 3.54. The number of rotatable bonds is 3. The second-order valence-corrected chi connectivity index (χ2v) is 6.58. The lowest BCUT2D eigenvalue weighted by Crippen LogP contribution is -2.51. The van der Waals surface area contributed by atoms with Crippen molar-refractivity contribution in [1.29, 1.82) is 0 Å². The molecule has 1 saturated heterocycles. The van der Waals surface area contributed by atoms with Crippen molar-refractivity contribution in [1.82, 2.24) is 10.2 Å². The van der Waals surface area contributed by atoms with Gasteiger partial charge in [-0.25, -0.2) is 4.79 Å². The van der Waals surface area contributed by atoms with Gasteiger partial charge in [0.2, 0.25) is 0 Å². The third-order valence-corrected chi connectivity index (χ3v) is 4.54. The van der Waals surface area contributed by atoms with E-state index in [-0.39, 0.29) is 6.03 Å². The molecule has 2 aromatic carbocycles. The zero-order chi connectivity index (χ0) is 17.6. The molecule has 1 heterocycles. The van der Waals surface area contributed by atoms with Gasteiger partial charge in [-0.05, 0) is 48.4 Å². The predicted molar refractivity (Wildman–Crippen MR) is 104 cm³/mol. The van der Waals surface area contributed by atoms with E-state index in [2.05, 4.69) is 41.4 Å². The SMILES string of the molecule is Cc1cccc(N2CCN(C(=O)N/C=C/c3ccc(Cl)cc3)CC2)c1. The van der Waals surface area contributed by atoms with Gasteiger partial charge in [-0.1, -0.05) is 35.9 Å². The highest BCUT2D eigenvalue weighted by atomic mass is 35.5. The third-order valence-electron chi connectivity index (χ3n) is 4.29. The Balaban J connectivity index is 1.49. The van der Waals surface area contributed by atoms with E-state index in [1.165, 1.54) is 11.3 Å². The van der Waals surface area contributed by atoms with Gasteiger partial charge in [-0.3, -0.25) is 0 Å². The second-order valence-electron chi connectivity index (χ2n) is 6.15. The number of amides is 2. The Morgan fingerprint density at radius 1 is 1.08 bits per heavy atom. The summed E-state index contributed by atoms with van der Waals surface area (Å²) in [6.45, 7) is 5.22. The molecule has 1 fully saturated rings. The number of hydrogen-bond acceptors (Lipinski definition) is 2. The average molecular weight is 356 g/mol. The molecule has 5 heteroatoms. The van der Waals surface area contributed by atoms with Gasteiger partial charge in [-0.2, -0.15) is 0 Å². The number of halogens is 1. The van der Waals surface area contributed by atoms with Gasteiger partial charge in [0.1, 0.15) is 0 Å². The Morgan fingerprint density at radius 3 is 2.48 bits per heavy atom. The lowest BCUT2D eigenvalue weighted by molar-refractivity contribution is 0.198. The van der Waals surface area contributed by atoms with Crippen molar-refractivity contribution in [3.8, 4) is 0 Å². The van der Waals surface area contributed by atoms with Gasteiger partial charge >= 0.3 is 6.03 Å². The van der Waals surface area contributed by atoms with Gasteiger partial charge in [-0.15, -0.1) is 0 Å². The number of carbonyl (C=O) groups is 1. The fourth-order valence-electron chi connectivity index (χ4n) is 2.87. The molecule has 4 nitrogen and oxygen atoms in total. The maximum Gasteiger partial charge on any atom is 0.321 e. The van der Waals surface area contributed by atoms with Crippen LogP contribution in [-0.4, -0.2) is 37.1 Å². The fourth-order valence-corrected chi connectivity index (χ4v) is 2.99. The number of anilines is 1. The summed E-state index contributed by atoms with van der Waals surface area (Å²) in [4.78, 5) is 16.4. The quantitative estimate of drug-likeness (QED) is 0.897. The van der Waals surface area contributed by atoms with Crippen molar-refractivity contribution in [3.63, 3.8) is 0 Å². The number of carbonyl (C=O) groups excluding carboxylic acids is 1. The summed E-state index contributed by atoms with van der Waals surface area (Å²) in [5.41, 5.74) is 3.47. The molecule has 1 aliphatic heterocycles. The lowest BCUT2D eigenvalue weighted by atomic mass is 10.2. The largest absolute Gasteiger partial charge is 0.368 e. The van der Waals surface area contributed by atoms with Crippen LogP contribution in [0.4, 0.5) is 10.5 Å². The number of benzene rings is 2. The van der Waals surface area contributed by atoms with E-state index in [4.69, 9.17) is 11.6 Å². The molecule has 0 bridgehead atoms. The topological polar surface area (TPSA) is 35.6 Å². The van der Waals surface area contributed by atoms with Crippen LogP contribution < -0.4 is 10.2 Å². The van der Waals surface area contributed by atoms with Crippen LogP contribution in [0.1, 0.15) is 11.1 Å². The van der Waals surface area contributed by atoms with Gasteiger partial charge in [0, 0.05) is 43.1 Å². The predicted octanol–water partition coefficient (Wildman–Crippen LogP) is 4.15. The first-order chi connectivity index (χ1) is 12.1. The first kappa shape index (κ1) is 17.4. The third kappa shape index (κ3) is 4.77. The van der Waals surface area contributed by atoms with Gasteiger partial charge in [0.15, 0.2) is 0 Å². The molecule has 2 amide bonds. The van der Waals surface area contributed by atoms with E-state index < -0.39 is 0 Å². The Labute approximate surface area is 153 Å². The van der Waals surface area contributed by atoms with Crippen molar-refractivity contribution in [2.45, 2.75) is 6.92 Å². The molecule has 130 valence electrons. The molecule has 25 heavy (non-hydrogen) atoms. The molecule has 1 N–H and O–H groups in total.